The highest BCUT2D eigenvalue weighted by Gasteiger charge is 2.42. The van der Waals surface area contributed by atoms with Gasteiger partial charge in [-0.1, -0.05) is 121 Å². The van der Waals surface area contributed by atoms with Crippen LogP contribution in [0.2, 0.25) is 0 Å². The van der Waals surface area contributed by atoms with Crippen molar-refractivity contribution >= 4 is 11.9 Å². The third kappa shape index (κ3) is 13.0. The van der Waals surface area contributed by atoms with Gasteiger partial charge in [0.25, 0.3) is 0 Å². The van der Waals surface area contributed by atoms with Gasteiger partial charge in [-0.05, 0) is 78.8 Å². The van der Waals surface area contributed by atoms with E-state index in [1.54, 1.807) is 12.1 Å². The van der Waals surface area contributed by atoms with E-state index in [1.807, 2.05) is 19.1 Å². The Morgan fingerprint density at radius 2 is 1.04 bits per heavy atom. The van der Waals surface area contributed by atoms with Gasteiger partial charge in [-0.15, -0.1) is 0 Å². The van der Waals surface area contributed by atoms with E-state index in [0.717, 1.165) is 30.4 Å². The average Bonchev–Trinajstić information content (AvgIpc) is 3.05. The van der Waals surface area contributed by atoms with Crippen LogP contribution in [-0.2, 0) is 11.2 Å². The quantitative estimate of drug-likeness (QED) is 0.0702. The molecule has 4 nitrogen and oxygen atoms in total. The molecule has 0 amide bonds. The van der Waals surface area contributed by atoms with Crippen LogP contribution in [0.15, 0.2) is 72.8 Å². The Balaban J connectivity index is 1.45. The second kappa shape index (κ2) is 19.8. The highest BCUT2D eigenvalue weighted by Crippen LogP contribution is 2.29. The lowest BCUT2D eigenvalue weighted by atomic mass is 10.00. The number of unbranched alkanes of at least 4 members (excludes halogenated alkanes) is 11. The Morgan fingerprint density at radius 1 is 0.587 bits per heavy atom. The third-order valence-corrected chi connectivity index (χ3v) is 8.21. The van der Waals surface area contributed by atoms with Crippen LogP contribution < -0.4 is 4.74 Å². The minimum Gasteiger partial charge on any atom is -0.449 e. The summed E-state index contributed by atoms with van der Waals surface area (Å²) in [5.74, 6) is -1.48. The lowest BCUT2D eigenvalue weighted by Crippen LogP contribution is -2.33. The van der Waals surface area contributed by atoms with Crippen molar-refractivity contribution < 1.29 is 32.2 Å². The maximum Gasteiger partial charge on any atom is 0.425 e. The van der Waals surface area contributed by atoms with Crippen LogP contribution in [0.3, 0.4) is 0 Å². The van der Waals surface area contributed by atoms with Gasteiger partial charge >= 0.3 is 18.1 Å². The molecule has 250 valence electrons. The van der Waals surface area contributed by atoms with Gasteiger partial charge in [0.1, 0.15) is 5.75 Å². The van der Waals surface area contributed by atoms with E-state index in [1.165, 1.54) is 87.6 Å². The van der Waals surface area contributed by atoms with Crippen molar-refractivity contribution in [3.63, 3.8) is 0 Å². The second-order valence-electron chi connectivity index (χ2n) is 12.1. The summed E-state index contributed by atoms with van der Waals surface area (Å²) in [7, 11) is 0. The van der Waals surface area contributed by atoms with E-state index in [0.29, 0.717) is 18.4 Å². The number of aryl methyl sites for hydroxylation is 1. The number of alkyl halides is 3. The van der Waals surface area contributed by atoms with Gasteiger partial charge in [-0.2, -0.15) is 13.2 Å². The van der Waals surface area contributed by atoms with Gasteiger partial charge in [0.2, 0.25) is 0 Å². The minimum absolute atomic E-state index is 0.0499. The van der Waals surface area contributed by atoms with Crippen molar-refractivity contribution in [3.8, 4) is 16.9 Å². The first-order valence-corrected chi connectivity index (χ1v) is 17.0. The van der Waals surface area contributed by atoms with Crippen LogP contribution in [-0.4, -0.2) is 24.2 Å². The van der Waals surface area contributed by atoms with Crippen LogP contribution in [0, 0.1) is 0 Å². The first-order chi connectivity index (χ1) is 22.2. The zero-order valence-electron chi connectivity index (χ0n) is 27.4. The van der Waals surface area contributed by atoms with Crippen molar-refractivity contribution in [1.82, 2.24) is 0 Å². The van der Waals surface area contributed by atoms with Crippen molar-refractivity contribution in [2.45, 2.75) is 122 Å². The number of rotatable bonds is 20. The zero-order valence-corrected chi connectivity index (χ0v) is 27.4. The summed E-state index contributed by atoms with van der Waals surface area (Å²) in [4.78, 5) is 25.1. The Morgan fingerprint density at radius 3 is 1.59 bits per heavy atom. The van der Waals surface area contributed by atoms with Gasteiger partial charge in [-0.25, -0.2) is 9.59 Å². The standard InChI is InChI=1S/C39H49F3O4/c1-3-5-7-9-10-11-12-13-14-16-30-18-20-31(21-19-30)32-22-24-33(25-23-32)37(43)45-35-28-26-34(27-29-35)38(44)46-36(39(40,41)42)17-15-8-6-4-2/h18-29,36H,3-17H2,1-2H3. The van der Waals surface area contributed by atoms with Crippen LogP contribution in [0.5, 0.6) is 5.75 Å². The lowest BCUT2D eigenvalue weighted by Gasteiger charge is -2.20. The predicted molar refractivity (Wildman–Crippen MR) is 178 cm³/mol. The fraction of sp³-hybridized carbons (Fsp3) is 0.487. The normalized spacial score (nSPS) is 12.1. The van der Waals surface area contributed by atoms with E-state index < -0.39 is 24.2 Å². The second-order valence-corrected chi connectivity index (χ2v) is 12.1. The van der Waals surface area contributed by atoms with Gasteiger partial charge < -0.3 is 9.47 Å². The number of esters is 2. The van der Waals surface area contributed by atoms with E-state index in [-0.39, 0.29) is 17.7 Å². The molecule has 0 aromatic heterocycles. The number of ether oxygens (including phenoxy) is 2. The van der Waals surface area contributed by atoms with Crippen molar-refractivity contribution in [3.05, 3.63) is 89.5 Å². The number of hydrogen-bond acceptors (Lipinski definition) is 4. The first kappa shape index (κ1) is 36.9. The van der Waals surface area contributed by atoms with E-state index in [4.69, 9.17) is 9.47 Å². The summed E-state index contributed by atoms with van der Waals surface area (Å²) < 4.78 is 50.4. The Labute approximate surface area is 272 Å². The summed E-state index contributed by atoms with van der Waals surface area (Å²) in [5, 5.41) is 0. The predicted octanol–water partition coefficient (Wildman–Crippen LogP) is 11.7. The minimum atomic E-state index is -4.64. The van der Waals surface area contributed by atoms with Gasteiger partial charge in [-0.3, -0.25) is 0 Å². The number of benzene rings is 3. The molecule has 1 unspecified atom stereocenters. The molecule has 0 fully saturated rings. The van der Waals surface area contributed by atoms with Crippen LogP contribution in [0.4, 0.5) is 13.2 Å². The molecule has 0 aliphatic heterocycles. The number of carbonyl (C=O) groups excluding carboxylic acids is 2. The first-order valence-electron chi connectivity index (χ1n) is 17.0. The molecule has 46 heavy (non-hydrogen) atoms. The zero-order chi connectivity index (χ0) is 33.2. The number of carbonyl (C=O) groups is 2. The molecule has 3 aromatic carbocycles. The summed E-state index contributed by atoms with van der Waals surface area (Å²) in [6.07, 6.45) is 8.57. The molecule has 0 heterocycles. The molecule has 3 rings (SSSR count). The number of hydrogen-bond donors (Lipinski definition) is 0. The molecule has 0 saturated carbocycles. The van der Waals surface area contributed by atoms with E-state index >= 15 is 0 Å². The van der Waals surface area contributed by atoms with Gasteiger partial charge in [0.05, 0.1) is 11.1 Å². The monoisotopic (exact) mass is 638 g/mol. The molecule has 7 heteroatoms. The smallest absolute Gasteiger partial charge is 0.425 e. The largest absolute Gasteiger partial charge is 0.449 e. The highest BCUT2D eigenvalue weighted by atomic mass is 19.4. The molecular formula is C39H49F3O4. The van der Waals surface area contributed by atoms with Crippen LogP contribution in [0.25, 0.3) is 11.1 Å². The molecular weight excluding hydrogens is 589 g/mol. The fourth-order valence-corrected chi connectivity index (χ4v) is 5.37. The molecule has 0 spiro atoms. The van der Waals surface area contributed by atoms with E-state index in [9.17, 15) is 22.8 Å². The van der Waals surface area contributed by atoms with Crippen molar-refractivity contribution in [2.24, 2.45) is 0 Å². The summed E-state index contributed by atoms with van der Waals surface area (Å²) >= 11 is 0. The molecule has 0 N–H and O–H groups in total. The molecule has 0 aliphatic rings. The van der Waals surface area contributed by atoms with Gasteiger partial charge in [0, 0.05) is 0 Å². The van der Waals surface area contributed by atoms with E-state index in [2.05, 4.69) is 31.2 Å². The molecule has 0 bridgehead atoms. The fourth-order valence-electron chi connectivity index (χ4n) is 5.37. The Bertz CT molecular complexity index is 1300. The SMILES string of the molecule is CCCCCCCCCCCc1ccc(-c2ccc(C(=O)Oc3ccc(C(=O)OC(CCCCCC)C(F)(F)F)cc3)cc2)cc1. The Kier molecular flexibility index (Phi) is 15.9. The molecule has 0 radical (unpaired) electrons. The third-order valence-electron chi connectivity index (χ3n) is 8.21. The molecule has 0 saturated heterocycles. The average molecular weight is 639 g/mol. The highest BCUT2D eigenvalue weighted by molar-refractivity contribution is 5.92. The summed E-state index contributed by atoms with van der Waals surface area (Å²) in [6, 6.07) is 21.0. The Hall–Kier alpha value is -3.61. The van der Waals surface area contributed by atoms with Gasteiger partial charge in [0.15, 0.2) is 6.10 Å². The lowest BCUT2D eigenvalue weighted by molar-refractivity contribution is -0.206. The van der Waals surface area contributed by atoms with Crippen LogP contribution in [0.1, 0.15) is 130 Å². The molecule has 1 atom stereocenters. The van der Waals surface area contributed by atoms with Crippen molar-refractivity contribution in [2.75, 3.05) is 0 Å². The maximum atomic E-state index is 13.4. The van der Waals surface area contributed by atoms with Crippen LogP contribution >= 0.6 is 0 Å². The topological polar surface area (TPSA) is 52.6 Å². The molecule has 3 aromatic rings. The maximum absolute atomic E-state index is 13.4. The molecule has 0 aliphatic carbocycles. The number of halogens is 3. The van der Waals surface area contributed by atoms with Crippen molar-refractivity contribution in [1.29, 1.82) is 0 Å². The summed E-state index contributed by atoms with van der Waals surface area (Å²) in [6.45, 7) is 4.22. The summed E-state index contributed by atoms with van der Waals surface area (Å²) in [5.41, 5.74) is 3.67.